The Hall–Kier alpha value is -3.09. The molecule has 0 bridgehead atoms. The Morgan fingerprint density at radius 1 is 0.969 bits per heavy atom. The number of amides is 1. The van der Waals surface area contributed by atoms with Crippen LogP contribution in [0.5, 0.6) is 0 Å². The lowest BCUT2D eigenvalue weighted by Gasteiger charge is -2.14. The molecular weight excluding hydrogens is 468 g/mol. The summed E-state index contributed by atoms with van der Waals surface area (Å²) in [6.07, 6.45) is -10.3. The zero-order valence-electron chi connectivity index (χ0n) is 16.7. The van der Waals surface area contributed by atoms with Crippen molar-refractivity contribution in [2.75, 3.05) is 19.0 Å². The summed E-state index contributed by atoms with van der Waals surface area (Å²) in [6, 6.07) is 0.373. The van der Waals surface area contributed by atoms with Crippen LogP contribution in [0.15, 0.2) is 18.2 Å². The number of carbonyl (C=O) groups excluding carboxylic acids is 3. The zero-order valence-corrected chi connectivity index (χ0v) is 17.5. The number of methoxy groups -OCH3 is 1. The summed E-state index contributed by atoms with van der Waals surface area (Å²) in [4.78, 5) is 36.7. The average molecular weight is 483 g/mol. The zero-order chi connectivity index (χ0) is 24.4. The highest BCUT2D eigenvalue weighted by Gasteiger charge is 2.38. The third kappa shape index (κ3) is 5.39. The maximum Gasteiger partial charge on any atom is 0.416 e. The van der Waals surface area contributed by atoms with E-state index in [1.165, 1.54) is 13.8 Å². The van der Waals surface area contributed by atoms with Crippen molar-refractivity contribution in [2.24, 2.45) is 0 Å². The Morgan fingerprint density at radius 3 is 1.94 bits per heavy atom. The van der Waals surface area contributed by atoms with Crippen LogP contribution in [0.3, 0.4) is 0 Å². The number of alkyl halides is 6. The molecule has 0 saturated heterocycles. The molecule has 0 spiro atoms. The van der Waals surface area contributed by atoms with Crippen LogP contribution in [0.1, 0.15) is 54.0 Å². The summed E-state index contributed by atoms with van der Waals surface area (Å²) in [6.45, 7) is 2.76. The number of anilines is 1. The van der Waals surface area contributed by atoms with Gasteiger partial charge in [0.1, 0.15) is 9.88 Å². The fourth-order valence-corrected chi connectivity index (χ4v) is 3.71. The van der Waals surface area contributed by atoms with Crippen LogP contribution in [0.4, 0.5) is 31.3 Å². The molecule has 0 unspecified atom stereocenters. The number of benzene rings is 1. The smallest absolute Gasteiger partial charge is 0.416 e. The first-order valence-corrected chi connectivity index (χ1v) is 9.52. The summed E-state index contributed by atoms with van der Waals surface area (Å²) < 4.78 is 87.8. The Labute approximate surface area is 181 Å². The summed E-state index contributed by atoms with van der Waals surface area (Å²) in [5.74, 6) is -3.17. The number of hydrogen-bond donors (Lipinski definition) is 1. The van der Waals surface area contributed by atoms with Crippen molar-refractivity contribution < 1.29 is 50.2 Å². The van der Waals surface area contributed by atoms with Crippen LogP contribution in [-0.4, -0.2) is 31.6 Å². The minimum Gasteiger partial charge on any atom is -0.465 e. The molecule has 2 rings (SSSR count). The van der Waals surface area contributed by atoms with Gasteiger partial charge in [0.25, 0.3) is 5.91 Å². The lowest BCUT2D eigenvalue weighted by Crippen LogP contribution is -2.18. The summed E-state index contributed by atoms with van der Waals surface area (Å²) in [5.41, 5.74) is -4.52. The molecule has 32 heavy (non-hydrogen) atoms. The number of nitrogens with one attached hydrogen (secondary N) is 1. The maximum absolute atomic E-state index is 13.1. The average Bonchev–Trinajstić information content (AvgIpc) is 3.01. The van der Waals surface area contributed by atoms with E-state index in [0.717, 1.165) is 7.11 Å². The molecule has 0 radical (unpaired) electrons. The highest BCUT2D eigenvalue weighted by Crippen LogP contribution is 2.38. The molecular formula is C19H15F6NO5S. The van der Waals surface area contributed by atoms with Crippen molar-refractivity contribution >= 4 is 34.2 Å². The third-order valence-corrected chi connectivity index (χ3v) is 5.26. The van der Waals surface area contributed by atoms with E-state index in [2.05, 4.69) is 10.1 Å². The van der Waals surface area contributed by atoms with Crippen LogP contribution in [0.25, 0.3) is 0 Å². The van der Waals surface area contributed by atoms with Crippen molar-refractivity contribution in [3.63, 3.8) is 0 Å². The summed E-state index contributed by atoms with van der Waals surface area (Å²) in [5, 5.41) is 1.81. The number of hydrogen-bond acceptors (Lipinski definition) is 6. The summed E-state index contributed by atoms with van der Waals surface area (Å²) in [7, 11) is 1.06. The van der Waals surface area contributed by atoms with E-state index in [9.17, 15) is 40.7 Å². The number of halogens is 6. The fraction of sp³-hybridized carbons (Fsp3) is 0.316. The molecule has 0 aliphatic carbocycles. The maximum atomic E-state index is 13.1. The molecule has 0 atom stereocenters. The predicted octanol–water partition coefficient (Wildman–Crippen LogP) is 5.31. The number of carbonyl (C=O) groups is 3. The lowest BCUT2D eigenvalue weighted by molar-refractivity contribution is -0.143. The minimum atomic E-state index is -5.15. The lowest BCUT2D eigenvalue weighted by atomic mass is 10.0. The number of ether oxygens (including phenoxy) is 2. The SMILES string of the molecule is CCOC(=O)c1c(NC(=O)c2cc(C(F)(F)F)cc(C(F)(F)F)c2)sc(C(=O)OC)c1C. The number of thiophene rings is 1. The van der Waals surface area contributed by atoms with Gasteiger partial charge in [-0.3, -0.25) is 4.79 Å². The molecule has 2 aromatic rings. The Balaban J connectivity index is 2.57. The molecule has 0 aliphatic heterocycles. The Kier molecular flexibility index (Phi) is 7.23. The molecule has 1 aromatic heterocycles. The summed E-state index contributed by atoms with van der Waals surface area (Å²) >= 11 is 0.564. The van der Waals surface area contributed by atoms with Gasteiger partial charge in [0, 0.05) is 5.56 Å². The van der Waals surface area contributed by atoms with Gasteiger partial charge in [-0.25, -0.2) is 9.59 Å². The van der Waals surface area contributed by atoms with Crippen molar-refractivity contribution in [1.82, 2.24) is 0 Å². The van der Waals surface area contributed by atoms with E-state index < -0.39 is 46.9 Å². The molecule has 1 amide bonds. The highest BCUT2D eigenvalue weighted by molar-refractivity contribution is 7.18. The molecule has 1 aromatic carbocycles. The fourth-order valence-electron chi connectivity index (χ4n) is 2.60. The number of rotatable bonds is 5. The topological polar surface area (TPSA) is 81.7 Å². The Morgan fingerprint density at radius 2 is 1.50 bits per heavy atom. The van der Waals surface area contributed by atoms with Gasteiger partial charge in [-0.15, -0.1) is 11.3 Å². The first-order chi connectivity index (χ1) is 14.7. The molecule has 174 valence electrons. The first-order valence-electron chi connectivity index (χ1n) is 8.70. The van der Waals surface area contributed by atoms with Crippen LogP contribution in [-0.2, 0) is 21.8 Å². The van der Waals surface area contributed by atoms with E-state index in [1.807, 2.05) is 0 Å². The van der Waals surface area contributed by atoms with Crippen LogP contribution in [0, 0.1) is 6.92 Å². The van der Waals surface area contributed by atoms with Gasteiger partial charge >= 0.3 is 24.3 Å². The van der Waals surface area contributed by atoms with E-state index in [4.69, 9.17) is 4.74 Å². The molecule has 0 saturated carbocycles. The first kappa shape index (κ1) is 25.2. The van der Waals surface area contributed by atoms with Gasteiger partial charge in [0.2, 0.25) is 0 Å². The van der Waals surface area contributed by atoms with Crippen molar-refractivity contribution in [3.8, 4) is 0 Å². The van der Waals surface area contributed by atoms with Crippen molar-refractivity contribution in [1.29, 1.82) is 0 Å². The van der Waals surface area contributed by atoms with Gasteiger partial charge < -0.3 is 14.8 Å². The normalized spacial score (nSPS) is 11.8. The van der Waals surface area contributed by atoms with Crippen LogP contribution >= 0.6 is 11.3 Å². The van der Waals surface area contributed by atoms with Gasteiger partial charge in [-0.2, -0.15) is 26.3 Å². The minimum absolute atomic E-state index is 0.0654. The van der Waals surface area contributed by atoms with Crippen LogP contribution in [0.2, 0.25) is 0 Å². The monoisotopic (exact) mass is 483 g/mol. The molecule has 0 fully saturated rings. The third-order valence-electron chi connectivity index (χ3n) is 4.07. The van der Waals surface area contributed by atoms with E-state index in [-0.39, 0.29) is 45.8 Å². The predicted molar refractivity (Wildman–Crippen MR) is 101 cm³/mol. The van der Waals surface area contributed by atoms with Gasteiger partial charge in [-0.05, 0) is 37.6 Å². The standard InChI is InChI=1S/C19H15F6NO5S/c1-4-31-16(28)12-8(2)13(17(29)30-3)32-15(12)26-14(27)9-5-10(18(20,21)22)7-11(6-9)19(23,24)25/h5-7H,4H2,1-3H3,(H,26,27). The van der Waals surface area contributed by atoms with Gasteiger partial charge in [-0.1, -0.05) is 0 Å². The molecule has 1 N–H and O–H groups in total. The second-order valence-corrected chi connectivity index (χ2v) is 7.24. The van der Waals surface area contributed by atoms with E-state index >= 15 is 0 Å². The molecule has 0 aliphatic rings. The van der Waals surface area contributed by atoms with Gasteiger partial charge in [0.05, 0.1) is 30.4 Å². The van der Waals surface area contributed by atoms with E-state index in [1.54, 1.807) is 0 Å². The molecule has 13 heteroatoms. The molecule has 1 heterocycles. The molecule has 6 nitrogen and oxygen atoms in total. The highest BCUT2D eigenvalue weighted by atomic mass is 32.1. The second kappa shape index (κ2) is 9.18. The van der Waals surface area contributed by atoms with Crippen molar-refractivity contribution in [3.05, 3.63) is 50.9 Å². The Bertz CT molecular complexity index is 1030. The quantitative estimate of drug-likeness (QED) is 0.461. The van der Waals surface area contributed by atoms with Gasteiger partial charge in [0.15, 0.2) is 0 Å². The number of esters is 2. The van der Waals surface area contributed by atoms with Crippen LogP contribution < -0.4 is 5.32 Å². The largest absolute Gasteiger partial charge is 0.465 e. The van der Waals surface area contributed by atoms with Crippen molar-refractivity contribution in [2.45, 2.75) is 26.2 Å². The second-order valence-electron chi connectivity index (χ2n) is 6.22. The van der Waals surface area contributed by atoms with E-state index in [0.29, 0.717) is 11.3 Å².